The molecule has 0 saturated heterocycles. The second-order valence-electron chi connectivity index (χ2n) is 12.2. The Bertz CT molecular complexity index is 2810. The van der Waals surface area contributed by atoms with E-state index in [2.05, 4.69) is 114 Å². The van der Waals surface area contributed by atoms with Crippen molar-refractivity contribution in [3.63, 3.8) is 0 Å². The summed E-state index contributed by atoms with van der Waals surface area (Å²) in [6.45, 7) is 0. The Morgan fingerprint density at radius 3 is 1.65 bits per heavy atom. The Morgan fingerprint density at radius 1 is 0.388 bits per heavy atom. The van der Waals surface area contributed by atoms with Crippen LogP contribution >= 0.6 is 0 Å². The van der Waals surface area contributed by atoms with E-state index in [1.165, 1.54) is 10.8 Å². The third-order valence-electron chi connectivity index (χ3n) is 9.19. The SMILES string of the molecule is c1cc(-c2nc(-c3ccc4ccccc4c3)nc(-c3ccc4ccccc4c3)n2)cc(-c2nc3ccccc3c3nc4ccccn4c23)c1. The minimum absolute atomic E-state index is 0.596. The van der Waals surface area contributed by atoms with Gasteiger partial charge in [-0.2, -0.15) is 0 Å². The Morgan fingerprint density at radius 2 is 0.959 bits per heavy atom. The molecule has 0 bridgehead atoms. The van der Waals surface area contributed by atoms with E-state index in [9.17, 15) is 0 Å². The van der Waals surface area contributed by atoms with Crippen molar-refractivity contribution in [2.45, 2.75) is 0 Å². The molecular formula is C43H26N6. The van der Waals surface area contributed by atoms with E-state index in [1.54, 1.807) is 0 Å². The van der Waals surface area contributed by atoms with Gasteiger partial charge < -0.3 is 0 Å². The van der Waals surface area contributed by atoms with Crippen LogP contribution in [0.25, 0.3) is 94.5 Å². The fraction of sp³-hybridized carbons (Fsp3) is 0. The first-order valence-corrected chi connectivity index (χ1v) is 16.3. The van der Waals surface area contributed by atoms with Crippen LogP contribution in [0.15, 0.2) is 158 Å². The lowest BCUT2D eigenvalue weighted by Crippen LogP contribution is -2.00. The highest BCUT2D eigenvalue weighted by Crippen LogP contribution is 2.35. The monoisotopic (exact) mass is 626 g/mol. The molecular weight excluding hydrogens is 601 g/mol. The van der Waals surface area contributed by atoms with Gasteiger partial charge in [-0.1, -0.05) is 115 Å². The molecule has 0 N–H and O–H groups in total. The number of fused-ring (bicyclic) bond motifs is 7. The van der Waals surface area contributed by atoms with Gasteiger partial charge in [0.1, 0.15) is 11.2 Å². The lowest BCUT2D eigenvalue weighted by molar-refractivity contribution is 1.07. The molecule has 0 atom stereocenters. The average molecular weight is 627 g/mol. The molecule has 0 radical (unpaired) electrons. The van der Waals surface area contributed by atoms with E-state index in [0.29, 0.717) is 17.5 Å². The number of benzene rings is 6. The number of nitrogens with zero attached hydrogens (tertiary/aromatic N) is 6. The molecule has 0 aliphatic carbocycles. The van der Waals surface area contributed by atoms with E-state index in [0.717, 1.165) is 66.3 Å². The van der Waals surface area contributed by atoms with Gasteiger partial charge in [0.15, 0.2) is 17.5 Å². The smallest absolute Gasteiger partial charge is 0.164 e. The minimum atomic E-state index is 0.596. The van der Waals surface area contributed by atoms with Gasteiger partial charge in [0.05, 0.1) is 16.7 Å². The first kappa shape index (κ1) is 27.3. The highest BCUT2D eigenvalue weighted by molar-refractivity contribution is 6.09. The topological polar surface area (TPSA) is 68.9 Å². The van der Waals surface area contributed by atoms with Crippen molar-refractivity contribution in [2.75, 3.05) is 0 Å². The van der Waals surface area contributed by atoms with Crippen molar-refractivity contribution in [3.05, 3.63) is 158 Å². The van der Waals surface area contributed by atoms with Crippen LogP contribution in [0.3, 0.4) is 0 Å². The van der Waals surface area contributed by atoms with Crippen LogP contribution in [0.1, 0.15) is 0 Å². The van der Waals surface area contributed by atoms with E-state index in [4.69, 9.17) is 24.9 Å². The van der Waals surface area contributed by atoms with Gasteiger partial charge in [-0.3, -0.25) is 4.40 Å². The minimum Gasteiger partial charge on any atom is -0.298 e. The first-order chi connectivity index (χ1) is 24.2. The zero-order valence-corrected chi connectivity index (χ0v) is 26.2. The first-order valence-electron chi connectivity index (χ1n) is 16.3. The third-order valence-corrected chi connectivity index (χ3v) is 9.19. The van der Waals surface area contributed by atoms with Crippen LogP contribution in [-0.2, 0) is 0 Å². The maximum Gasteiger partial charge on any atom is 0.164 e. The fourth-order valence-electron chi connectivity index (χ4n) is 6.78. The molecule has 0 amide bonds. The predicted molar refractivity (Wildman–Crippen MR) is 198 cm³/mol. The van der Waals surface area contributed by atoms with Crippen molar-refractivity contribution in [3.8, 4) is 45.4 Å². The molecule has 10 rings (SSSR count). The maximum atomic E-state index is 5.20. The highest BCUT2D eigenvalue weighted by atomic mass is 15.0. The zero-order chi connectivity index (χ0) is 32.3. The van der Waals surface area contributed by atoms with Crippen LogP contribution in [0.5, 0.6) is 0 Å². The summed E-state index contributed by atoms with van der Waals surface area (Å²) < 4.78 is 2.12. The Balaban J connectivity index is 1.19. The Kier molecular flexibility index (Phi) is 6.08. The molecule has 0 spiro atoms. The largest absolute Gasteiger partial charge is 0.298 e. The van der Waals surface area contributed by atoms with E-state index >= 15 is 0 Å². The molecule has 4 heterocycles. The molecule has 0 unspecified atom stereocenters. The quantitative estimate of drug-likeness (QED) is 0.194. The van der Waals surface area contributed by atoms with Crippen molar-refractivity contribution in [1.29, 1.82) is 0 Å². The molecule has 0 saturated carbocycles. The maximum absolute atomic E-state index is 5.20. The number of rotatable bonds is 4. The van der Waals surface area contributed by atoms with E-state index in [1.807, 2.05) is 48.7 Å². The van der Waals surface area contributed by atoms with Crippen molar-refractivity contribution in [1.82, 2.24) is 29.3 Å². The second kappa shape index (κ2) is 10.9. The third kappa shape index (κ3) is 4.61. The van der Waals surface area contributed by atoms with Crippen molar-refractivity contribution < 1.29 is 0 Å². The predicted octanol–water partition coefficient (Wildman–Crippen LogP) is 10.2. The number of aromatic nitrogens is 6. The molecule has 10 aromatic rings. The van der Waals surface area contributed by atoms with Gasteiger partial charge in [0, 0.05) is 33.8 Å². The van der Waals surface area contributed by atoms with Crippen molar-refractivity contribution >= 4 is 49.1 Å². The van der Waals surface area contributed by atoms with E-state index in [-0.39, 0.29) is 0 Å². The van der Waals surface area contributed by atoms with Crippen LogP contribution in [0.2, 0.25) is 0 Å². The average Bonchev–Trinajstić information content (AvgIpc) is 3.57. The molecule has 228 valence electrons. The normalized spacial score (nSPS) is 11.7. The summed E-state index contributed by atoms with van der Waals surface area (Å²) in [6.07, 6.45) is 2.05. The van der Waals surface area contributed by atoms with Gasteiger partial charge in [0.25, 0.3) is 0 Å². The molecule has 6 nitrogen and oxygen atoms in total. The molecule has 0 fully saturated rings. The zero-order valence-electron chi connectivity index (χ0n) is 26.2. The van der Waals surface area contributed by atoms with Crippen LogP contribution in [0.4, 0.5) is 0 Å². The number of hydrogen-bond donors (Lipinski definition) is 0. The summed E-state index contributed by atoms with van der Waals surface area (Å²) in [4.78, 5) is 25.5. The van der Waals surface area contributed by atoms with Crippen LogP contribution in [0, 0.1) is 0 Å². The van der Waals surface area contributed by atoms with E-state index < -0.39 is 0 Å². The molecule has 0 aliphatic rings. The molecule has 6 aromatic carbocycles. The van der Waals surface area contributed by atoms with Crippen molar-refractivity contribution in [2.24, 2.45) is 0 Å². The van der Waals surface area contributed by atoms with Crippen LogP contribution in [-0.4, -0.2) is 29.3 Å². The Hall–Kier alpha value is -6.79. The summed E-state index contributed by atoms with van der Waals surface area (Å²) in [5.74, 6) is 1.84. The van der Waals surface area contributed by atoms with Gasteiger partial charge in [-0.05, 0) is 57.9 Å². The molecule has 0 aliphatic heterocycles. The number of para-hydroxylation sites is 1. The summed E-state index contributed by atoms with van der Waals surface area (Å²) in [5.41, 5.74) is 8.23. The van der Waals surface area contributed by atoms with Gasteiger partial charge >= 0.3 is 0 Å². The number of pyridine rings is 2. The summed E-state index contributed by atoms with van der Waals surface area (Å²) in [5, 5.41) is 5.64. The molecule has 6 heteroatoms. The van der Waals surface area contributed by atoms with Crippen LogP contribution < -0.4 is 0 Å². The summed E-state index contributed by atoms with van der Waals surface area (Å²) in [6, 6.07) is 52.0. The van der Waals surface area contributed by atoms with Gasteiger partial charge in [0.2, 0.25) is 0 Å². The number of hydrogen-bond acceptors (Lipinski definition) is 5. The highest BCUT2D eigenvalue weighted by Gasteiger charge is 2.18. The number of imidazole rings is 1. The molecule has 49 heavy (non-hydrogen) atoms. The lowest BCUT2D eigenvalue weighted by Gasteiger charge is -2.11. The summed E-state index contributed by atoms with van der Waals surface area (Å²) >= 11 is 0. The summed E-state index contributed by atoms with van der Waals surface area (Å²) in [7, 11) is 0. The lowest BCUT2D eigenvalue weighted by atomic mass is 10.0. The fourth-order valence-corrected chi connectivity index (χ4v) is 6.78. The Labute approximate surface area is 281 Å². The molecule has 4 aromatic heterocycles. The second-order valence-corrected chi connectivity index (χ2v) is 12.2. The standard InChI is InChI=1S/C43H26N6/c1-3-12-29-24-33(21-19-27(29)10-1)42-46-41(47-43(48-42)34-22-20-28-11-2-4-13-30(28)25-34)32-15-9-14-31(26-32)38-40-39(35-16-5-6-17-36(35)44-38)45-37-18-7-8-23-49(37)40/h1-26H. The van der Waals surface area contributed by atoms with Gasteiger partial charge in [-0.25, -0.2) is 24.9 Å². The van der Waals surface area contributed by atoms with Gasteiger partial charge in [-0.15, -0.1) is 0 Å².